The van der Waals surface area contributed by atoms with Crippen LogP contribution in [0, 0.1) is 0 Å². The number of aromatic amines is 1. The Labute approximate surface area is 210 Å². The first-order valence-electron chi connectivity index (χ1n) is 11.7. The van der Waals surface area contributed by atoms with Crippen molar-refractivity contribution >= 4 is 45.5 Å². The number of esters is 1. The smallest absolute Gasteiger partial charge is 0.338 e. The number of fused-ring (bicyclic) bond motifs is 2. The molecule has 0 saturated carbocycles. The summed E-state index contributed by atoms with van der Waals surface area (Å²) < 4.78 is 6.96. The molecule has 0 aliphatic carbocycles. The average Bonchev–Trinajstić information content (AvgIpc) is 3.66. The molecule has 5 heterocycles. The summed E-state index contributed by atoms with van der Waals surface area (Å²) in [6, 6.07) is 9.24. The highest BCUT2D eigenvalue weighted by molar-refractivity contribution is 7.08. The lowest BCUT2D eigenvalue weighted by Gasteiger charge is -2.31. The molecule has 0 unspecified atom stereocenters. The third kappa shape index (κ3) is 3.61. The van der Waals surface area contributed by atoms with Gasteiger partial charge in [-0.25, -0.2) is 14.8 Å². The molecular weight excluding hydrogens is 476 g/mol. The van der Waals surface area contributed by atoms with E-state index in [1.54, 1.807) is 12.3 Å². The fraction of sp³-hybridized carbons (Fsp3) is 0.231. The van der Waals surface area contributed by atoms with Crippen LogP contribution in [-0.4, -0.2) is 56.3 Å². The molecule has 0 radical (unpaired) electrons. The summed E-state index contributed by atoms with van der Waals surface area (Å²) in [5.74, 6) is 1.11. The normalized spacial score (nSPS) is 14.5. The standard InChI is InChI=1S/C26H24N6O3S/c1-35-26(34)17-3-2-4-19-18(17)13-20(29-19)21-22-23(27)28-8-11-32(22)24(30-21)15-5-9-31(10-6-15)25(33)16-7-12-36-14-16/h2-4,7-8,11-15,29H,5-6,9-10H2,1H3,(H2,27,28). The van der Waals surface area contributed by atoms with Crippen LogP contribution in [0.25, 0.3) is 27.8 Å². The largest absolute Gasteiger partial charge is 0.465 e. The lowest BCUT2D eigenvalue weighted by atomic mass is 9.95. The fourth-order valence-corrected chi connectivity index (χ4v) is 5.67. The number of hydrogen-bond acceptors (Lipinski definition) is 7. The summed E-state index contributed by atoms with van der Waals surface area (Å²) in [5.41, 5.74) is 10.5. The molecule has 6 rings (SSSR count). The molecule has 10 heteroatoms. The van der Waals surface area contributed by atoms with Gasteiger partial charge in [0.2, 0.25) is 0 Å². The van der Waals surface area contributed by atoms with Crippen LogP contribution in [0.5, 0.6) is 0 Å². The van der Waals surface area contributed by atoms with Crippen LogP contribution < -0.4 is 5.73 Å². The first kappa shape index (κ1) is 22.3. The van der Waals surface area contributed by atoms with Crippen LogP contribution in [0.1, 0.15) is 45.3 Å². The van der Waals surface area contributed by atoms with E-state index in [0.29, 0.717) is 30.2 Å². The van der Waals surface area contributed by atoms with Gasteiger partial charge in [-0.15, -0.1) is 0 Å². The number of hydrogen-bond donors (Lipinski definition) is 2. The molecule has 1 fully saturated rings. The van der Waals surface area contributed by atoms with E-state index in [4.69, 9.17) is 15.5 Å². The number of likely N-dealkylation sites (tertiary alicyclic amines) is 1. The Morgan fingerprint density at radius 3 is 2.81 bits per heavy atom. The summed E-state index contributed by atoms with van der Waals surface area (Å²) in [5, 5.41) is 4.57. The van der Waals surface area contributed by atoms with Crippen LogP contribution >= 0.6 is 11.3 Å². The van der Waals surface area contributed by atoms with E-state index in [0.717, 1.165) is 46.3 Å². The van der Waals surface area contributed by atoms with Crippen molar-refractivity contribution in [2.45, 2.75) is 18.8 Å². The van der Waals surface area contributed by atoms with Gasteiger partial charge in [0.1, 0.15) is 22.9 Å². The van der Waals surface area contributed by atoms with Crippen molar-refractivity contribution in [2.24, 2.45) is 0 Å². The minimum atomic E-state index is -0.397. The fourth-order valence-electron chi connectivity index (χ4n) is 5.04. The van der Waals surface area contributed by atoms with Crippen molar-refractivity contribution in [1.82, 2.24) is 24.3 Å². The highest BCUT2D eigenvalue weighted by atomic mass is 32.1. The molecule has 9 nitrogen and oxygen atoms in total. The molecule has 3 N–H and O–H groups in total. The number of carbonyl (C=O) groups is 2. The number of nitrogens with two attached hydrogens (primary N) is 1. The van der Waals surface area contributed by atoms with E-state index in [1.165, 1.54) is 18.4 Å². The number of rotatable bonds is 4. The molecule has 36 heavy (non-hydrogen) atoms. The topological polar surface area (TPSA) is 119 Å². The van der Waals surface area contributed by atoms with Gasteiger partial charge >= 0.3 is 5.97 Å². The van der Waals surface area contributed by atoms with Gasteiger partial charge < -0.3 is 20.4 Å². The van der Waals surface area contributed by atoms with Crippen LogP contribution in [0.4, 0.5) is 5.82 Å². The van der Waals surface area contributed by atoms with Crippen LogP contribution in [0.2, 0.25) is 0 Å². The SMILES string of the molecule is COC(=O)c1cccc2[nH]c(-c3nc(C4CCN(C(=O)c5ccsc5)CC4)n4ccnc(N)c34)cc12. The molecular formula is C26H24N6O3S. The number of carbonyl (C=O) groups excluding carboxylic acids is 2. The third-order valence-electron chi connectivity index (χ3n) is 6.85. The van der Waals surface area contributed by atoms with Crippen molar-refractivity contribution in [3.63, 3.8) is 0 Å². The van der Waals surface area contributed by atoms with Gasteiger partial charge in [-0.2, -0.15) is 11.3 Å². The van der Waals surface area contributed by atoms with Crippen molar-refractivity contribution in [1.29, 1.82) is 0 Å². The van der Waals surface area contributed by atoms with E-state index in [-0.39, 0.29) is 11.8 Å². The molecule has 0 spiro atoms. The number of ether oxygens (including phenoxy) is 1. The van der Waals surface area contributed by atoms with Crippen molar-refractivity contribution in [2.75, 3.05) is 25.9 Å². The van der Waals surface area contributed by atoms with E-state index >= 15 is 0 Å². The Balaban J connectivity index is 1.37. The molecule has 1 aliphatic heterocycles. The molecule has 0 atom stereocenters. The lowest BCUT2D eigenvalue weighted by Crippen LogP contribution is -2.38. The van der Waals surface area contributed by atoms with E-state index in [2.05, 4.69) is 9.97 Å². The number of piperidine rings is 1. The Morgan fingerprint density at radius 1 is 1.22 bits per heavy atom. The van der Waals surface area contributed by atoms with Gasteiger partial charge in [0.25, 0.3) is 5.91 Å². The number of aromatic nitrogens is 4. The van der Waals surface area contributed by atoms with Crippen LogP contribution in [0.15, 0.2) is 53.5 Å². The van der Waals surface area contributed by atoms with Gasteiger partial charge in [0.05, 0.1) is 23.9 Å². The Bertz CT molecular complexity index is 1600. The Morgan fingerprint density at radius 2 is 2.06 bits per heavy atom. The maximum absolute atomic E-state index is 12.8. The Kier molecular flexibility index (Phi) is 5.45. The highest BCUT2D eigenvalue weighted by Crippen LogP contribution is 2.36. The molecule has 1 aromatic carbocycles. The van der Waals surface area contributed by atoms with Crippen LogP contribution in [0.3, 0.4) is 0 Å². The zero-order valence-corrected chi connectivity index (χ0v) is 20.4. The van der Waals surface area contributed by atoms with Crippen molar-refractivity contribution in [3.8, 4) is 11.4 Å². The zero-order valence-electron chi connectivity index (χ0n) is 19.6. The number of benzene rings is 1. The monoisotopic (exact) mass is 500 g/mol. The van der Waals surface area contributed by atoms with Gasteiger partial charge in [-0.05, 0) is 42.5 Å². The van der Waals surface area contributed by atoms with E-state index in [1.807, 2.05) is 50.5 Å². The summed E-state index contributed by atoms with van der Waals surface area (Å²) in [6.45, 7) is 1.33. The number of thiophene rings is 1. The molecule has 5 aromatic rings. The molecule has 1 aliphatic rings. The number of anilines is 1. The van der Waals surface area contributed by atoms with E-state index in [9.17, 15) is 9.59 Å². The number of imidazole rings is 1. The van der Waals surface area contributed by atoms with Gasteiger partial charge in [0, 0.05) is 47.7 Å². The first-order valence-corrected chi connectivity index (χ1v) is 12.6. The van der Waals surface area contributed by atoms with Gasteiger partial charge in [-0.3, -0.25) is 9.20 Å². The number of nitrogens with one attached hydrogen (secondary N) is 1. The number of nitrogen functional groups attached to an aromatic ring is 1. The lowest BCUT2D eigenvalue weighted by molar-refractivity contribution is 0.0602. The summed E-state index contributed by atoms with van der Waals surface area (Å²) in [6.07, 6.45) is 5.15. The molecule has 4 aromatic heterocycles. The van der Waals surface area contributed by atoms with Gasteiger partial charge in [0.15, 0.2) is 0 Å². The second-order valence-corrected chi connectivity index (χ2v) is 9.65. The van der Waals surface area contributed by atoms with Crippen molar-refractivity contribution < 1.29 is 14.3 Å². The summed E-state index contributed by atoms with van der Waals surface area (Å²) in [4.78, 5) is 39.7. The Hall–Kier alpha value is -4.18. The quantitative estimate of drug-likeness (QED) is 0.355. The maximum atomic E-state index is 12.8. The number of H-pyrrole nitrogens is 1. The molecule has 182 valence electrons. The number of amides is 1. The minimum Gasteiger partial charge on any atom is -0.465 e. The predicted octanol–water partition coefficient (Wildman–Crippen LogP) is 4.33. The number of nitrogens with zero attached hydrogens (tertiary/aromatic N) is 4. The van der Waals surface area contributed by atoms with Gasteiger partial charge in [-0.1, -0.05) is 6.07 Å². The summed E-state index contributed by atoms with van der Waals surface area (Å²) in [7, 11) is 1.37. The second-order valence-electron chi connectivity index (χ2n) is 8.87. The maximum Gasteiger partial charge on any atom is 0.338 e. The average molecular weight is 501 g/mol. The first-order chi connectivity index (χ1) is 17.5. The predicted molar refractivity (Wildman–Crippen MR) is 138 cm³/mol. The molecule has 0 bridgehead atoms. The second kappa shape index (κ2) is 8.80. The van der Waals surface area contributed by atoms with E-state index < -0.39 is 5.97 Å². The minimum absolute atomic E-state index is 0.0799. The highest BCUT2D eigenvalue weighted by Gasteiger charge is 2.29. The molecule has 1 saturated heterocycles. The van der Waals surface area contributed by atoms with Crippen LogP contribution in [-0.2, 0) is 4.74 Å². The third-order valence-corrected chi connectivity index (χ3v) is 7.53. The number of methoxy groups -OCH3 is 1. The molecule has 1 amide bonds. The zero-order chi connectivity index (χ0) is 24.8. The summed E-state index contributed by atoms with van der Waals surface area (Å²) >= 11 is 1.53. The van der Waals surface area contributed by atoms with Crippen molar-refractivity contribution in [3.05, 3.63) is 70.4 Å².